The molecule has 18 heavy (non-hydrogen) atoms. The molecule has 0 spiro atoms. The van der Waals surface area contributed by atoms with Crippen LogP contribution >= 0.6 is 19.4 Å². The van der Waals surface area contributed by atoms with Gasteiger partial charge in [-0.05, 0) is 25.3 Å². The molecule has 0 saturated heterocycles. The molecule has 1 aromatic carbocycles. The number of hydrogen-bond acceptors (Lipinski definition) is 5. The summed E-state index contributed by atoms with van der Waals surface area (Å²) in [6.45, 7) is 1.95. The fourth-order valence-corrected chi connectivity index (χ4v) is 6.90. The van der Waals surface area contributed by atoms with E-state index in [2.05, 4.69) is 0 Å². The average molecular weight is 308 g/mol. The Balaban J connectivity index is 3.06. The van der Waals surface area contributed by atoms with Crippen LogP contribution in [0.2, 0.25) is 0 Å². The molecule has 0 saturated carbocycles. The minimum Gasteiger partial charge on any atom is -0.311 e. The Labute approximate surface area is 114 Å². The highest BCUT2D eigenvalue weighted by Gasteiger charge is 2.38. The molecule has 2 atom stereocenters. The van der Waals surface area contributed by atoms with Crippen molar-refractivity contribution in [2.24, 2.45) is 0 Å². The van der Waals surface area contributed by atoms with Crippen LogP contribution in [0.25, 0.3) is 0 Å². The molecule has 1 aromatic rings. The Bertz CT molecular complexity index is 453. The fourth-order valence-electron chi connectivity index (χ4n) is 1.37. The summed E-state index contributed by atoms with van der Waals surface area (Å²) in [6.07, 6.45) is 1.74. The molecule has 7 heteroatoms. The summed E-state index contributed by atoms with van der Waals surface area (Å²) in [5.74, 6) is 0. The molecule has 4 nitrogen and oxygen atoms in total. The van der Waals surface area contributed by atoms with Crippen LogP contribution in [0.5, 0.6) is 0 Å². The van der Waals surface area contributed by atoms with Crippen LogP contribution in [-0.4, -0.2) is 29.0 Å². The molecule has 0 fully saturated rings. The third kappa shape index (κ3) is 3.45. The van der Waals surface area contributed by atoms with Crippen molar-refractivity contribution in [2.75, 3.05) is 20.5 Å². The average Bonchev–Trinajstić information content (AvgIpc) is 2.39. The van der Waals surface area contributed by atoms with Crippen molar-refractivity contribution in [1.82, 2.24) is 0 Å². The molecular weight excluding hydrogens is 291 g/mol. The summed E-state index contributed by atoms with van der Waals surface area (Å²) in [5.41, 5.74) is 1.08. The zero-order valence-electron chi connectivity index (χ0n) is 10.8. The van der Waals surface area contributed by atoms with Gasteiger partial charge in [0.15, 0.2) is 4.32 Å². The predicted molar refractivity (Wildman–Crippen MR) is 76.5 cm³/mol. The van der Waals surface area contributed by atoms with Gasteiger partial charge in [-0.1, -0.05) is 17.7 Å². The summed E-state index contributed by atoms with van der Waals surface area (Å²) in [4.78, 5) is 0.620. The van der Waals surface area contributed by atoms with Crippen LogP contribution < -0.4 is 0 Å². The largest absolute Gasteiger partial charge is 0.355 e. The normalized spacial score (nSPS) is 15.3. The molecule has 0 amide bonds. The first-order valence-electron chi connectivity index (χ1n) is 5.19. The van der Waals surface area contributed by atoms with Gasteiger partial charge in [0.05, 0.1) is 10.8 Å². The third-order valence-electron chi connectivity index (χ3n) is 2.41. The number of rotatable bonds is 6. The van der Waals surface area contributed by atoms with Crippen LogP contribution in [0.3, 0.4) is 0 Å². The highest BCUT2D eigenvalue weighted by atomic mass is 32.2. The summed E-state index contributed by atoms with van der Waals surface area (Å²) in [5, 5.41) is 0. The van der Waals surface area contributed by atoms with Gasteiger partial charge in [0.25, 0.3) is 0 Å². The maximum absolute atomic E-state index is 12.4. The first-order valence-corrected chi connectivity index (χ1v) is 9.31. The van der Waals surface area contributed by atoms with E-state index >= 15 is 0 Å². The summed E-state index contributed by atoms with van der Waals surface area (Å²) in [6, 6.07) is 7.28. The fraction of sp³-hybridized carbons (Fsp3) is 0.455. The van der Waals surface area contributed by atoms with Gasteiger partial charge in [-0.15, -0.1) is 11.8 Å². The lowest BCUT2D eigenvalue weighted by Gasteiger charge is -2.22. The molecule has 0 N–H and O–H groups in total. The Morgan fingerprint density at radius 3 is 2.11 bits per heavy atom. The van der Waals surface area contributed by atoms with E-state index in [1.54, 1.807) is 18.4 Å². The van der Waals surface area contributed by atoms with Crippen molar-refractivity contribution in [3.05, 3.63) is 29.8 Å². The maximum atomic E-state index is 12.4. The number of benzene rings is 1. The van der Waals surface area contributed by atoms with Gasteiger partial charge in [0.1, 0.15) is 0 Å². The SMILES string of the molecule is COP(=O)(OC)C(SC)[S@](=O)c1ccc(C)cc1. The van der Waals surface area contributed by atoms with Gasteiger partial charge in [0.2, 0.25) is 0 Å². The van der Waals surface area contributed by atoms with Crippen LogP contribution in [-0.2, 0) is 24.4 Å². The highest BCUT2D eigenvalue weighted by molar-refractivity contribution is 8.18. The van der Waals surface area contributed by atoms with Crippen molar-refractivity contribution in [1.29, 1.82) is 0 Å². The van der Waals surface area contributed by atoms with Gasteiger partial charge in [-0.2, -0.15) is 0 Å². The van der Waals surface area contributed by atoms with E-state index in [9.17, 15) is 8.77 Å². The second kappa shape index (κ2) is 6.87. The maximum Gasteiger partial charge on any atom is 0.355 e. The summed E-state index contributed by atoms with van der Waals surface area (Å²) in [7, 11) is -2.20. The Kier molecular flexibility index (Phi) is 6.08. The first kappa shape index (κ1) is 15.9. The zero-order chi connectivity index (χ0) is 13.8. The molecular formula is C11H17O4PS2. The molecule has 0 aromatic heterocycles. The van der Waals surface area contributed by atoms with Gasteiger partial charge >= 0.3 is 7.60 Å². The molecule has 102 valence electrons. The van der Waals surface area contributed by atoms with Gasteiger partial charge in [-0.3, -0.25) is 8.77 Å². The minimum absolute atomic E-state index is 0.620. The number of aryl methyl sites for hydroxylation is 1. The van der Waals surface area contributed by atoms with Crippen LogP contribution in [0.15, 0.2) is 29.2 Å². The van der Waals surface area contributed by atoms with Crippen molar-refractivity contribution >= 4 is 30.2 Å². The van der Waals surface area contributed by atoms with Crippen molar-refractivity contribution in [3.63, 3.8) is 0 Å². The summed E-state index contributed by atoms with van der Waals surface area (Å²) < 4.78 is 33.8. The Hall–Kier alpha value is -0.130. The van der Waals surface area contributed by atoms with Crippen LogP contribution in [0.1, 0.15) is 5.56 Å². The molecule has 0 aliphatic heterocycles. The molecule has 0 heterocycles. The van der Waals surface area contributed by atoms with Gasteiger partial charge in [0, 0.05) is 19.1 Å². The first-order chi connectivity index (χ1) is 8.48. The van der Waals surface area contributed by atoms with E-state index in [4.69, 9.17) is 9.05 Å². The topological polar surface area (TPSA) is 52.6 Å². The van der Waals surface area contributed by atoms with E-state index in [0.29, 0.717) is 4.90 Å². The molecule has 0 aliphatic rings. The van der Waals surface area contributed by atoms with Crippen molar-refractivity contribution in [3.8, 4) is 0 Å². The van der Waals surface area contributed by atoms with Crippen molar-refractivity contribution in [2.45, 2.75) is 16.1 Å². The zero-order valence-corrected chi connectivity index (χ0v) is 13.3. The van der Waals surface area contributed by atoms with E-state index in [0.717, 1.165) is 5.56 Å². The lowest BCUT2D eigenvalue weighted by Crippen LogP contribution is -2.14. The van der Waals surface area contributed by atoms with Gasteiger partial charge < -0.3 is 9.05 Å². The van der Waals surface area contributed by atoms with Crippen LogP contribution in [0, 0.1) is 6.92 Å². The lowest BCUT2D eigenvalue weighted by atomic mass is 10.2. The molecule has 0 aliphatic carbocycles. The molecule has 0 radical (unpaired) electrons. The number of hydrogen-bond donors (Lipinski definition) is 0. The second-order valence-corrected chi connectivity index (χ2v) is 9.36. The minimum atomic E-state index is -3.36. The predicted octanol–water partition coefficient (Wildman–Crippen LogP) is 3.24. The lowest BCUT2D eigenvalue weighted by molar-refractivity contribution is 0.278. The van der Waals surface area contributed by atoms with Gasteiger partial charge in [-0.25, -0.2) is 0 Å². The highest BCUT2D eigenvalue weighted by Crippen LogP contribution is 2.57. The van der Waals surface area contributed by atoms with E-state index in [-0.39, 0.29) is 0 Å². The van der Waals surface area contributed by atoms with E-state index in [1.165, 1.54) is 26.0 Å². The third-order valence-corrected chi connectivity index (χ3v) is 9.30. The molecule has 1 unspecified atom stereocenters. The standard InChI is InChI=1S/C11H17O4PS2/c1-9-5-7-10(8-6-9)18(13)11(17-4)16(12,14-2)15-3/h5-8,11H,1-4H3/t11?,18-/m1/s1. The van der Waals surface area contributed by atoms with Crippen molar-refractivity contribution < 1.29 is 17.8 Å². The molecule has 0 bridgehead atoms. The second-order valence-electron chi connectivity index (χ2n) is 3.56. The van der Waals surface area contributed by atoms with E-state index in [1.807, 2.05) is 19.1 Å². The monoisotopic (exact) mass is 308 g/mol. The molecule has 1 rings (SSSR count). The summed E-state index contributed by atoms with van der Waals surface area (Å²) >= 11 is 1.22. The van der Waals surface area contributed by atoms with Crippen LogP contribution in [0.4, 0.5) is 0 Å². The Morgan fingerprint density at radius 1 is 1.22 bits per heavy atom. The smallest absolute Gasteiger partial charge is 0.311 e. The quantitative estimate of drug-likeness (QED) is 0.755. The number of thioether (sulfide) groups is 1. The van der Waals surface area contributed by atoms with E-state index < -0.39 is 22.7 Å². The Morgan fingerprint density at radius 2 is 1.72 bits per heavy atom.